The maximum absolute atomic E-state index is 12.1. The molecule has 130 valence electrons. The van der Waals surface area contributed by atoms with Gasteiger partial charge in [-0.1, -0.05) is 22.9 Å². The number of hydrogen-bond acceptors (Lipinski definition) is 3. The zero-order valence-electron chi connectivity index (χ0n) is 14.0. The molecule has 1 saturated heterocycles. The van der Waals surface area contributed by atoms with Crippen molar-refractivity contribution in [2.45, 2.75) is 38.5 Å². The normalized spacial score (nSPS) is 16.5. The van der Waals surface area contributed by atoms with Gasteiger partial charge >= 0.3 is 0 Å². The lowest BCUT2D eigenvalue weighted by atomic mass is 9.81. The third-order valence-electron chi connectivity index (χ3n) is 4.34. The van der Waals surface area contributed by atoms with Crippen molar-refractivity contribution in [2.75, 3.05) is 25.4 Å². The maximum Gasteiger partial charge on any atom is 0.230 e. The van der Waals surface area contributed by atoms with E-state index in [2.05, 4.69) is 59.5 Å². The minimum atomic E-state index is 0. The van der Waals surface area contributed by atoms with Crippen LogP contribution in [0.3, 0.4) is 0 Å². The Kier molecular flexibility index (Phi) is 8.42. The van der Waals surface area contributed by atoms with Crippen LogP contribution in [0, 0.1) is 19.3 Å². The largest absolute Gasteiger partial charge is 0.355 e. The molecule has 0 aliphatic carbocycles. The van der Waals surface area contributed by atoms with E-state index < -0.39 is 0 Å². The minimum Gasteiger partial charge on any atom is -0.355 e. The van der Waals surface area contributed by atoms with E-state index in [1.165, 1.54) is 16.0 Å². The van der Waals surface area contributed by atoms with Crippen molar-refractivity contribution in [1.82, 2.24) is 10.6 Å². The second kappa shape index (κ2) is 9.30. The summed E-state index contributed by atoms with van der Waals surface area (Å²) in [7, 11) is 0. The Morgan fingerprint density at radius 3 is 2.61 bits per heavy atom. The lowest BCUT2D eigenvalue weighted by Gasteiger charge is -2.34. The van der Waals surface area contributed by atoms with E-state index in [1.807, 2.05) is 0 Å². The van der Waals surface area contributed by atoms with Crippen LogP contribution in [0.15, 0.2) is 21.5 Å². The number of thioether (sulfide) groups is 1. The van der Waals surface area contributed by atoms with Crippen LogP contribution >= 0.6 is 40.1 Å². The van der Waals surface area contributed by atoms with Crippen LogP contribution in [0.2, 0.25) is 0 Å². The van der Waals surface area contributed by atoms with E-state index in [4.69, 9.17) is 0 Å². The third kappa shape index (κ3) is 6.29. The molecular formula is C17H26BrClN2OS. The van der Waals surface area contributed by atoms with E-state index >= 15 is 0 Å². The van der Waals surface area contributed by atoms with E-state index in [0.717, 1.165) is 36.9 Å². The molecule has 1 aromatic rings. The van der Waals surface area contributed by atoms with Crippen LogP contribution < -0.4 is 10.6 Å². The van der Waals surface area contributed by atoms with Crippen LogP contribution in [-0.2, 0) is 4.79 Å². The number of rotatable bonds is 5. The van der Waals surface area contributed by atoms with Gasteiger partial charge in [-0.3, -0.25) is 4.79 Å². The molecule has 23 heavy (non-hydrogen) atoms. The molecule has 1 amide bonds. The first-order chi connectivity index (χ1) is 10.4. The number of halogens is 2. The molecule has 0 unspecified atom stereocenters. The summed E-state index contributed by atoms with van der Waals surface area (Å²) < 4.78 is 1.12. The van der Waals surface area contributed by atoms with Gasteiger partial charge in [0.15, 0.2) is 0 Å². The van der Waals surface area contributed by atoms with Gasteiger partial charge in [-0.2, -0.15) is 0 Å². The van der Waals surface area contributed by atoms with E-state index in [0.29, 0.717) is 5.75 Å². The second-order valence-electron chi connectivity index (χ2n) is 6.49. The summed E-state index contributed by atoms with van der Waals surface area (Å²) in [6.45, 7) is 9.32. The molecule has 1 aromatic carbocycles. The van der Waals surface area contributed by atoms with Crippen LogP contribution in [0.5, 0.6) is 0 Å². The fourth-order valence-corrected chi connectivity index (χ4v) is 4.02. The Balaban J connectivity index is 0.00000264. The van der Waals surface area contributed by atoms with Gasteiger partial charge in [0.05, 0.1) is 5.75 Å². The molecule has 0 saturated carbocycles. The average molecular weight is 422 g/mol. The van der Waals surface area contributed by atoms with Crippen molar-refractivity contribution < 1.29 is 4.79 Å². The number of carbonyl (C=O) groups is 1. The van der Waals surface area contributed by atoms with Crippen LogP contribution in [-0.4, -0.2) is 31.3 Å². The molecule has 6 heteroatoms. The number of benzene rings is 1. The number of carbonyl (C=O) groups excluding carboxylic acids is 1. The summed E-state index contributed by atoms with van der Waals surface area (Å²) in [4.78, 5) is 13.3. The van der Waals surface area contributed by atoms with Crippen molar-refractivity contribution in [1.29, 1.82) is 0 Å². The first kappa shape index (κ1) is 20.8. The number of hydrogen-bond donors (Lipinski definition) is 2. The minimum absolute atomic E-state index is 0. The van der Waals surface area contributed by atoms with Crippen LogP contribution in [0.25, 0.3) is 0 Å². The first-order valence-electron chi connectivity index (χ1n) is 7.77. The number of aryl methyl sites for hydroxylation is 2. The first-order valence-corrected chi connectivity index (χ1v) is 9.54. The predicted octanol–water partition coefficient (Wildman–Crippen LogP) is 4.09. The van der Waals surface area contributed by atoms with Gasteiger partial charge in [-0.25, -0.2) is 0 Å². The Labute approximate surface area is 158 Å². The molecule has 1 aliphatic heterocycles. The maximum atomic E-state index is 12.1. The average Bonchev–Trinajstić information content (AvgIpc) is 2.48. The Morgan fingerprint density at radius 2 is 1.96 bits per heavy atom. The number of piperidine rings is 1. The molecule has 3 nitrogen and oxygen atoms in total. The molecule has 0 radical (unpaired) electrons. The SMILES string of the molecule is Cc1cc(SCC(=O)NCC2(C)CCNCC2)c(C)cc1Br.Cl. The molecule has 1 heterocycles. The fraction of sp³-hybridized carbons (Fsp3) is 0.588. The third-order valence-corrected chi connectivity index (χ3v) is 6.35. The summed E-state index contributed by atoms with van der Waals surface area (Å²) in [6.07, 6.45) is 2.26. The van der Waals surface area contributed by atoms with Crippen molar-refractivity contribution in [3.8, 4) is 0 Å². The topological polar surface area (TPSA) is 41.1 Å². The standard InChI is InChI=1S/C17H25BrN2OS.ClH/c1-12-9-15(13(2)8-14(12)18)22-10-16(21)20-11-17(3)4-6-19-7-5-17;/h8-9,19H,4-7,10-11H2,1-3H3,(H,20,21);1H. The highest BCUT2D eigenvalue weighted by Crippen LogP contribution is 2.29. The Bertz CT molecular complexity index is 548. The summed E-state index contributed by atoms with van der Waals surface area (Å²) in [5.41, 5.74) is 2.66. The van der Waals surface area contributed by atoms with Gasteiger partial charge in [-0.15, -0.1) is 24.2 Å². The molecule has 0 bridgehead atoms. The monoisotopic (exact) mass is 420 g/mol. The molecule has 0 spiro atoms. The lowest BCUT2D eigenvalue weighted by molar-refractivity contribution is -0.119. The molecule has 2 N–H and O–H groups in total. The second-order valence-corrected chi connectivity index (χ2v) is 8.36. The van der Waals surface area contributed by atoms with Crippen molar-refractivity contribution in [3.63, 3.8) is 0 Å². The highest BCUT2D eigenvalue weighted by atomic mass is 79.9. The van der Waals surface area contributed by atoms with Crippen LogP contribution in [0.4, 0.5) is 0 Å². The quantitative estimate of drug-likeness (QED) is 0.704. The van der Waals surface area contributed by atoms with Gasteiger partial charge in [0.1, 0.15) is 0 Å². The molecule has 2 rings (SSSR count). The van der Waals surface area contributed by atoms with Gasteiger partial charge in [0, 0.05) is 15.9 Å². The summed E-state index contributed by atoms with van der Waals surface area (Å²) >= 11 is 5.16. The fourth-order valence-electron chi connectivity index (χ4n) is 2.62. The molecule has 1 fully saturated rings. The number of nitrogens with one attached hydrogen (secondary N) is 2. The predicted molar refractivity (Wildman–Crippen MR) is 105 cm³/mol. The Hall–Kier alpha value is -0.230. The van der Waals surface area contributed by atoms with E-state index in [-0.39, 0.29) is 23.7 Å². The van der Waals surface area contributed by atoms with Gasteiger partial charge in [0.25, 0.3) is 0 Å². The molecule has 0 aromatic heterocycles. The molecule has 0 atom stereocenters. The van der Waals surface area contributed by atoms with Crippen molar-refractivity contribution >= 4 is 46.0 Å². The molecule has 1 aliphatic rings. The van der Waals surface area contributed by atoms with E-state index in [1.54, 1.807) is 11.8 Å². The summed E-state index contributed by atoms with van der Waals surface area (Å²) in [5.74, 6) is 0.612. The van der Waals surface area contributed by atoms with Gasteiger partial charge < -0.3 is 10.6 Å². The van der Waals surface area contributed by atoms with E-state index in [9.17, 15) is 4.79 Å². The highest BCUT2D eigenvalue weighted by molar-refractivity contribution is 9.10. The highest BCUT2D eigenvalue weighted by Gasteiger charge is 2.26. The Morgan fingerprint density at radius 1 is 1.30 bits per heavy atom. The zero-order chi connectivity index (χ0) is 16.2. The van der Waals surface area contributed by atoms with Crippen molar-refractivity contribution in [2.24, 2.45) is 5.41 Å². The van der Waals surface area contributed by atoms with Gasteiger partial charge in [0.2, 0.25) is 5.91 Å². The molecular weight excluding hydrogens is 396 g/mol. The van der Waals surface area contributed by atoms with Gasteiger partial charge in [-0.05, 0) is 68.5 Å². The lowest BCUT2D eigenvalue weighted by Crippen LogP contribution is -2.43. The summed E-state index contributed by atoms with van der Waals surface area (Å²) in [6, 6.07) is 4.26. The zero-order valence-corrected chi connectivity index (χ0v) is 17.2. The smallest absolute Gasteiger partial charge is 0.230 e. The van der Waals surface area contributed by atoms with Crippen LogP contribution in [0.1, 0.15) is 30.9 Å². The number of amides is 1. The summed E-state index contributed by atoms with van der Waals surface area (Å²) in [5, 5.41) is 6.48. The van der Waals surface area contributed by atoms with Crippen molar-refractivity contribution in [3.05, 3.63) is 27.7 Å².